The summed E-state index contributed by atoms with van der Waals surface area (Å²) in [6.45, 7) is 3.08. The van der Waals surface area contributed by atoms with Gasteiger partial charge >= 0.3 is 5.97 Å². The summed E-state index contributed by atoms with van der Waals surface area (Å²) in [7, 11) is -3.16. The zero-order valence-electron chi connectivity index (χ0n) is 18.9. The van der Waals surface area contributed by atoms with Crippen molar-refractivity contribution in [1.82, 2.24) is 14.7 Å². The number of nitrogens with zero attached hydrogens (tertiary/aromatic N) is 3. The van der Waals surface area contributed by atoms with Crippen molar-refractivity contribution in [3.05, 3.63) is 40.3 Å². The molecule has 1 unspecified atom stereocenters. The Hall–Kier alpha value is -2.75. The second-order valence-electron chi connectivity index (χ2n) is 9.11. The lowest BCUT2D eigenvalue weighted by molar-refractivity contribution is -0.139. The van der Waals surface area contributed by atoms with E-state index in [-0.39, 0.29) is 46.8 Å². The van der Waals surface area contributed by atoms with Crippen LogP contribution in [0.3, 0.4) is 0 Å². The van der Waals surface area contributed by atoms with Gasteiger partial charge in [0.1, 0.15) is 0 Å². The second-order valence-corrected chi connectivity index (χ2v) is 11.3. The molecule has 1 saturated heterocycles. The van der Waals surface area contributed by atoms with Crippen molar-refractivity contribution in [2.45, 2.75) is 64.1 Å². The number of carbonyl (C=O) groups is 2. The molecule has 0 bridgehead atoms. The minimum atomic E-state index is -3.16. The number of carbonyl (C=O) groups excluding carboxylic acids is 2. The van der Waals surface area contributed by atoms with Crippen LogP contribution >= 0.6 is 0 Å². The Balaban J connectivity index is 1.56. The molecule has 10 heteroatoms. The first kappa shape index (κ1) is 23.4. The Kier molecular flexibility index (Phi) is 6.56. The van der Waals surface area contributed by atoms with Crippen molar-refractivity contribution in [2.24, 2.45) is 0 Å². The molecule has 0 spiro atoms. The van der Waals surface area contributed by atoms with Crippen molar-refractivity contribution in [3.63, 3.8) is 0 Å². The third-order valence-corrected chi connectivity index (χ3v) is 8.20. The average molecular weight is 476 g/mol. The van der Waals surface area contributed by atoms with Crippen molar-refractivity contribution in [2.75, 3.05) is 18.1 Å². The van der Waals surface area contributed by atoms with Gasteiger partial charge in [0.25, 0.3) is 11.5 Å². The summed E-state index contributed by atoms with van der Waals surface area (Å²) in [6.07, 6.45) is 4.02. The van der Waals surface area contributed by atoms with Crippen LogP contribution in [0.15, 0.2) is 29.1 Å². The van der Waals surface area contributed by atoms with E-state index in [0.717, 1.165) is 25.7 Å². The maximum atomic E-state index is 13.1. The molecule has 1 aliphatic carbocycles. The summed E-state index contributed by atoms with van der Waals surface area (Å²) in [6, 6.07) is 5.99. The van der Waals surface area contributed by atoms with Crippen LogP contribution in [0.1, 0.15) is 62.5 Å². The van der Waals surface area contributed by atoms with E-state index in [2.05, 4.69) is 5.10 Å². The molecule has 1 saturated carbocycles. The quantitative estimate of drug-likeness (QED) is 0.588. The lowest BCUT2D eigenvalue weighted by Gasteiger charge is -2.33. The molecule has 1 atom stereocenters. The van der Waals surface area contributed by atoms with Gasteiger partial charge in [0.2, 0.25) is 0 Å². The molecule has 2 aliphatic rings. The van der Waals surface area contributed by atoms with E-state index in [1.54, 1.807) is 43.0 Å². The highest BCUT2D eigenvalue weighted by atomic mass is 32.2. The van der Waals surface area contributed by atoms with Crippen molar-refractivity contribution in [3.8, 4) is 0 Å². The third kappa shape index (κ3) is 4.80. The molecule has 2 fully saturated rings. The molecule has 178 valence electrons. The van der Waals surface area contributed by atoms with E-state index < -0.39 is 22.4 Å². The Labute approximate surface area is 192 Å². The first-order valence-electron chi connectivity index (χ1n) is 11.4. The van der Waals surface area contributed by atoms with Gasteiger partial charge in [-0.2, -0.15) is 5.10 Å². The Morgan fingerprint density at radius 2 is 1.79 bits per heavy atom. The monoisotopic (exact) mass is 475 g/mol. The Morgan fingerprint density at radius 3 is 2.39 bits per heavy atom. The van der Waals surface area contributed by atoms with Crippen molar-refractivity contribution >= 4 is 32.5 Å². The van der Waals surface area contributed by atoms with E-state index in [0.29, 0.717) is 17.2 Å². The summed E-state index contributed by atoms with van der Waals surface area (Å²) in [5, 5.41) is 4.94. The predicted octanol–water partition coefficient (Wildman–Crippen LogP) is 2.09. The fourth-order valence-corrected chi connectivity index (χ4v) is 6.57. The highest BCUT2D eigenvalue weighted by molar-refractivity contribution is 7.91. The van der Waals surface area contributed by atoms with Gasteiger partial charge in [-0.25, -0.2) is 17.9 Å². The molecule has 1 aliphatic heterocycles. The molecule has 0 N–H and O–H groups in total. The molecule has 1 aromatic heterocycles. The second kappa shape index (κ2) is 9.24. The van der Waals surface area contributed by atoms with Gasteiger partial charge in [-0.15, -0.1) is 0 Å². The van der Waals surface area contributed by atoms with Gasteiger partial charge in [0, 0.05) is 17.5 Å². The highest BCUT2D eigenvalue weighted by Crippen LogP contribution is 2.29. The maximum absolute atomic E-state index is 13.1. The molecule has 1 aromatic carbocycles. The number of hydrogen-bond donors (Lipinski definition) is 0. The standard InChI is InChI=1S/C23H29N3O6S/c1-15(2)26-22(28)19-10-6-5-9-18(19)21(24-26)23(29)32-13-20(27)25(16-7-3-4-8-16)17-11-12-33(30,31)14-17/h5-6,9-10,15-17H,3-4,7-8,11-14H2,1-2H3. The number of ether oxygens (including phenoxy) is 1. The van der Waals surface area contributed by atoms with Gasteiger partial charge in [0.15, 0.2) is 22.1 Å². The van der Waals surface area contributed by atoms with Gasteiger partial charge in [-0.05, 0) is 39.2 Å². The zero-order chi connectivity index (χ0) is 23.8. The number of aromatic nitrogens is 2. The van der Waals surface area contributed by atoms with Gasteiger partial charge < -0.3 is 9.64 Å². The predicted molar refractivity (Wildman–Crippen MR) is 123 cm³/mol. The SMILES string of the molecule is CC(C)n1nc(C(=O)OCC(=O)N(C2CCCC2)C2CCS(=O)(=O)C2)c2ccccc2c1=O. The summed E-state index contributed by atoms with van der Waals surface area (Å²) in [5.41, 5.74) is -0.328. The average Bonchev–Trinajstić information content (AvgIpc) is 3.42. The smallest absolute Gasteiger partial charge is 0.359 e. The first-order chi connectivity index (χ1) is 15.7. The molecular formula is C23H29N3O6S. The lowest BCUT2D eigenvalue weighted by Crippen LogP contribution is -2.48. The fraction of sp³-hybridized carbons (Fsp3) is 0.565. The van der Waals surface area contributed by atoms with E-state index in [1.807, 2.05) is 0 Å². The van der Waals surface area contributed by atoms with E-state index in [9.17, 15) is 22.8 Å². The number of hydrogen-bond acceptors (Lipinski definition) is 7. The summed E-state index contributed by atoms with van der Waals surface area (Å²) in [5.74, 6) is -1.16. The molecule has 1 amide bonds. The first-order valence-corrected chi connectivity index (χ1v) is 13.2. The molecule has 4 rings (SSSR count). The highest BCUT2D eigenvalue weighted by Gasteiger charge is 2.39. The summed E-state index contributed by atoms with van der Waals surface area (Å²) in [4.78, 5) is 40.4. The zero-order valence-corrected chi connectivity index (χ0v) is 19.7. The van der Waals surface area contributed by atoms with Crippen LogP contribution in [0.2, 0.25) is 0 Å². The van der Waals surface area contributed by atoms with Crippen LogP contribution in [0, 0.1) is 0 Å². The van der Waals surface area contributed by atoms with Gasteiger partial charge in [-0.3, -0.25) is 9.59 Å². The minimum absolute atomic E-state index is 0.0254. The van der Waals surface area contributed by atoms with Crippen LogP contribution in [0.4, 0.5) is 0 Å². The fourth-order valence-electron chi connectivity index (χ4n) is 4.86. The largest absolute Gasteiger partial charge is 0.451 e. The Morgan fingerprint density at radius 1 is 1.12 bits per heavy atom. The molecule has 2 aromatic rings. The third-order valence-electron chi connectivity index (χ3n) is 6.45. The summed E-state index contributed by atoms with van der Waals surface area (Å²) < 4.78 is 30.6. The maximum Gasteiger partial charge on any atom is 0.359 e. The van der Waals surface area contributed by atoms with Crippen LogP contribution in [-0.2, 0) is 19.4 Å². The van der Waals surface area contributed by atoms with E-state index in [1.165, 1.54) is 4.68 Å². The van der Waals surface area contributed by atoms with Crippen molar-refractivity contribution < 1.29 is 22.7 Å². The van der Waals surface area contributed by atoms with Crippen LogP contribution in [0.25, 0.3) is 10.8 Å². The normalized spacial score (nSPS) is 20.4. The number of fused-ring (bicyclic) bond motifs is 1. The molecular weight excluding hydrogens is 446 g/mol. The van der Waals surface area contributed by atoms with Gasteiger partial charge in [-0.1, -0.05) is 31.0 Å². The van der Waals surface area contributed by atoms with Crippen LogP contribution in [-0.4, -0.2) is 65.2 Å². The molecule has 33 heavy (non-hydrogen) atoms. The lowest BCUT2D eigenvalue weighted by atomic mass is 10.1. The minimum Gasteiger partial charge on any atom is -0.451 e. The molecule has 0 radical (unpaired) electrons. The number of esters is 1. The number of benzene rings is 1. The van der Waals surface area contributed by atoms with E-state index in [4.69, 9.17) is 4.74 Å². The molecule has 2 heterocycles. The number of sulfone groups is 1. The van der Waals surface area contributed by atoms with E-state index >= 15 is 0 Å². The number of amides is 1. The van der Waals surface area contributed by atoms with Crippen LogP contribution < -0.4 is 5.56 Å². The summed E-state index contributed by atoms with van der Waals surface area (Å²) >= 11 is 0. The van der Waals surface area contributed by atoms with Crippen LogP contribution in [0.5, 0.6) is 0 Å². The molecule has 9 nitrogen and oxygen atoms in total. The number of rotatable bonds is 6. The van der Waals surface area contributed by atoms with Gasteiger partial charge in [0.05, 0.1) is 22.9 Å². The Bertz CT molecular complexity index is 1230. The topological polar surface area (TPSA) is 116 Å². The van der Waals surface area contributed by atoms with Crippen molar-refractivity contribution in [1.29, 1.82) is 0 Å².